The third kappa shape index (κ3) is 0.573. The topological polar surface area (TPSA) is 30.7 Å². The van der Waals surface area contributed by atoms with Gasteiger partial charge in [0, 0.05) is 12.5 Å². The van der Waals surface area contributed by atoms with Crippen LogP contribution in [0.5, 0.6) is 0 Å². The monoisotopic (exact) mass is 123 g/mol. The summed E-state index contributed by atoms with van der Waals surface area (Å²) in [5.74, 6) is 0. The highest BCUT2D eigenvalue weighted by Crippen LogP contribution is 2.26. The van der Waals surface area contributed by atoms with Gasteiger partial charge in [0.1, 0.15) is 0 Å². The van der Waals surface area contributed by atoms with E-state index >= 15 is 0 Å². The molecule has 0 saturated carbocycles. The Labute approximate surface area is 53.7 Å². The van der Waals surface area contributed by atoms with E-state index in [9.17, 15) is 0 Å². The smallest absolute Gasteiger partial charge is 0.0923 e. The molecule has 3 nitrogen and oxygen atoms in total. The average molecular weight is 123 g/mol. The van der Waals surface area contributed by atoms with Crippen molar-refractivity contribution in [2.45, 2.75) is 26.3 Å². The Morgan fingerprint density at radius 2 is 2.33 bits per heavy atom. The third-order valence-electron chi connectivity index (χ3n) is 1.57. The van der Waals surface area contributed by atoms with Crippen LogP contribution in [0, 0.1) is 0 Å². The maximum Gasteiger partial charge on any atom is 0.0923 e. The summed E-state index contributed by atoms with van der Waals surface area (Å²) in [6, 6.07) is 0.476. The van der Waals surface area contributed by atoms with Gasteiger partial charge in [0.25, 0.3) is 0 Å². The zero-order valence-corrected chi connectivity index (χ0v) is 5.63. The molecular weight excluding hydrogens is 114 g/mol. The first kappa shape index (κ1) is 4.97. The van der Waals surface area contributed by atoms with Crippen molar-refractivity contribution in [2.75, 3.05) is 0 Å². The van der Waals surface area contributed by atoms with Crippen molar-refractivity contribution in [1.82, 2.24) is 15.0 Å². The molecule has 0 radical (unpaired) electrons. The van der Waals surface area contributed by atoms with Gasteiger partial charge in [0.05, 0.1) is 11.4 Å². The van der Waals surface area contributed by atoms with Gasteiger partial charge >= 0.3 is 0 Å². The van der Waals surface area contributed by atoms with Crippen molar-refractivity contribution in [3.63, 3.8) is 0 Å². The van der Waals surface area contributed by atoms with Crippen molar-refractivity contribution < 1.29 is 0 Å². The molecule has 1 aromatic heterocycles. The molecule has 1 aliphatic rings. The molecule has 0 amide bonds. The van der Waals surface area contributed by atoms with E-state index in [4.69, 9.17) is 0 Å². The van der Waals surface area contributed by atoms with E-state index < -0.39 is 0 Å². The van der Waals surface area contributed by atoms with E-state index in [1.165, 1.54) is 11.4 Å². The van der Waals surface area contributed by atoms with Crippen LogP contribution in [-0.4, -0.2) is 15.0 Å². The molecule has 9 heavy (non-hydrogen) atoms. The number of fused-ring (bicyclic) bond motifs is 1. The molecule has 0 N–H and O–H groups in total. The third-order valence-corrected chi connectivity index (χ3v) is 1.57. The number of nitrogens with zero attached hydrogens (tertiary/aromatic N) is 3. The molecule has 0 aliphatic heterocycles. The fourth-order valence-corrected chi connectivity index (χ4v) is 0.992. The van der Waals surface area contributed by atoms with Gasteiger partial charge < -0.3 is 0 Å². The Kier molecular flexibility index (Phi) is 0.743. The average Bonchev–Trinajstić information content (AvgIpc) is 2.43. The Morgan fingerprint density at radius 3 is 2.56 bits per heavy atom. The minimum Gasteiger partial charge on any atom is -0.246 e. The maximum atomic E-state index is 3.95. The first-order valence-corrected chi connectivity index (χ1v) is 3.22. The van der Waals surface area contributed by atoms with Crippen molar-refractivity contribution >= 4 is 0 Å². The highest BCUT2D eigenvalue weighted by atomic mass is 15.5. The summed E-state index contributed by atoms with van der Waals surface area (Å²) in [6.07, 6.45) is 1.07. The predicted octanol–water partition coefficient (Wildman–Crippen LogP) is 0.763. The first-order valence-electron chi connectivity index (χ1n) is 3.22. The standard InChI is InChI=1S/C6H9N3/c1-4(2)9-6-3-5(6)7-8-9/h4H,3H2,1-2H3. The lowest BCUT2D eigenvalue weighted by Crippen LogP contribution is -2.04. The van der Waals surface area contributed by atoms with Crippen LogP contribution >= 0.6 is 0 Å². The van der Waals surface area contributed by atoms with E-state index in [0.29, 0.717) is 6.04 Å². The molecule has 0 bridgehead atoms. The van der Waals surface area contributed by atoms with E-state index in [2.05, 4.69) is 24.2 Å². The van der Waals surface area contributed by atoms with Crippen LogP contribution in [0.25, 0.3) is 0 Å². The second-order valence-corrected chi connectivity index (χ2v) is 2.70. The van der Waals surface area contributed by atoms with Crippen molar-refractivity contribution in [1.29, 1.82) is 0 Å². The highest BCUT2D eigenvalue weighted by Gasteiger charge is 2.26. The van der Waals surface area contributed by atoms with E-state index in [-0.39, 0.29) is 0 Å². The molecule has 0 aromatic carbocycles. The van der Waals surface area contributed by atoms with Crippen LogP contribution in [0.2, 0.25) is 0 Å². The predicted molar refractivity (Wildman–Crippen MR) is 33.2 cm³/mol. The van der Waals surface area contributed by atoms with Gasteiger partial charge in [0.15, 0.2) is 0 Å². The van der Waals surface area contributed by atoms with Crippen molar-refractivity contribution in [3.8, 4) is 0 Å². The first-order chi connectivity index (χ1) is 4.29. The van der Waals surface area contributed by atoms with Gasteiger partial charge in [-0.3, -0.25) is 0 Å². The Hall–Kier alpha value is -0.860. The lowest BCUT2D eigenvalue weighted by atomic mass is 10.4. The molecule has 0 unspecified atom stereocenters. The molecule has 2 rings (SSSR count). The van der Waals surface area contributed by atoms with Crippen LogP contribution in [0.1, 0.15) is 31.3 Å². The minimum atomic E-state index is 0.476. The number of hydrogen-bond acceptors (Lipinski definition) is 2. The number of aromatic nitrogens is 3. The van der Waals surface area contributed by atoms with Gasteiger partial charge in [-0.25, -0.2) is 4.68 Å². The zero-order valence-electron chi connectivity index (χ0n) is 5.63. The molecule has 1 aromatic rings. The van der Waals surface area contributed by atoms with Gasteiger partial charge in [-0.05, 0) is 13.8 Å². The highest BCUT2D eigenvalue weighted by molar-refractivity contribution is 5.31. The quantitative estimate of drug-likeness (QED) is 0.560. The fraction of sp³-hybridized carbons (Fsp3) is 0.667. The summed E-state index contributed by atoms with van der Waals surface area (Å²) < 4.78 is 1.98. The second kappa shape index (κ2) is 1.35. The van der Waals surface area contributed by atoms with Crippen LogP contribution in [0.3, 0.4) is 0 Å². The SMILES string of the molecule is CC(C)n1nnc2c1C2. The lowest BCUT2D eigenvalue weighted by molar-refractivity contribution is 0.499. The largest absolute Gasteiger partial charge is 0.246 e. The molecular formula is C6H9N3. The summed E-state index contributed by atoms with van der Waals surface area (Å²) in [5.41, 5.74) is 2.51. The summed E-state index contributed by atoms with van der Waals surface area (Å²) in [5, 5.41) is 7.89. The minimum absolute atomic E-state index is 0.476. The Bertz CT molecular complexity index is 236. The van der Waals surface area contributed by atoms with Gasteiger partial charge in [-0.1, -0.05) is 5.21 Å². The van der Waals surface area contributed by atoms with Crippen LogP contribution in [0.4, 0.5) is 0 Å². The summed E-state index contributed by atoms with van der Waals surface area (Å²) in [6.45, 7) is 4.24. The van der Waals surface area contributed by atoms with Crippen molar-refractivity contribution in [3.05, 3.63) is 11.4 Å². The van der Waals surface area contributed by atoms with Gasteiger partial charge in [-0.15, -0.1) is 5.10 Å². The van der Waals surface area contributed by atoms with Crippen LogP contribution < -0.4 is 0 Å². The summed E-state index contributed by atoms with van der Waals surface area (Å²) in [7, 11) is 0. The summed E-state index contributed by atoms with van der Waals surface area (Å²) >= 11 is 0. The molecule has 48 valence electrons. The second-order valence-electron chi connectivity index (χ2n) is 2.70. The number of rotatable bonds is 1. The van der Waals surface area contributed by atoms with Crippen LogP contribution in [0.15, 0.2) is 0 Å². The van der Waals surface area contributed by atoms with E-state index in [1.54, 1.807) is 0 Å². The normalized spacial score (nSPS) is 14.1. The molecule has 0 atom stereocenters. The van der Waals surface area contributed by atoms with Crippen molar-refractivity contribution in [2.24, 2.45) is 0 Å². The molecule has 1 heterocycles. The molecule has 1 aliphatic carbocycles. The fourth-order valence-electron chi connectivity index (χ4n) is 0.992. The van der Waals surface area contributed by atoms with E-state index in [0.717, 1.165) is 6.42 Å². The maximum absolute atomic E-state index is 3.95. The molecule has 0 fully saturated rings. The zero-order chi connectivity index (χ0) is 6.43. The van der Waals surface area contributed by atoms with Gasteiger partial charge in [0.2, 0.25) is 0 Å². The van der Waals surface area contributed by atoms with Crippen LogP contribution in [-0.2, 0) is 6.42 Å². The van der Waals surface area contributed by atoms with Gasteiger partial charge in [-0.2, -0.15) is 0 Å². The molecule has 0 spiro atoms. The lowest BCUT2D eigenvalue weighted by Gasteiger charge is -2.02. The molecule has 3 heteroatoms. The summed E-state index contributed by atoms with van der Waals surface area (Å²) in [4.78, 5) is 0. The molecule has 0 saturated heterocycles. The van der Waals surface area contributed by atoms with E-state index in [1.807, 2.05) is 4.68 Å². The number of hydrogen-bond donors (Lipinski definition) is 0. The Balaban J connectivity index is 2.42. The Morgan fingerprint density at radius 1 is 1.56 bits per heavy atom.